The molecule has 1 aliphatic rings. The zero-order chi connectivity index (χ0) is 16.3. The van der Waals surface area contributed by atoms with E-state index in [4.69, 9.17) is 4.74 Å². The second-order valence-corrected chi connectivity index (χ2v) is 7.13. The van der Waals surface area contributed by atoms with E-state index >= 15 is 0 Å². The lowest BCUT2D eigenvalue weighted by molar-refractivity contribution is 0.00235. The van der Waals surface area contributed by atoms with Gasteiger partial charge < -0.3 is 9.64 Å². The van der Waals surface area contributed by atoms with Gasteiger partial charge in [-0.05, 0) is 39.7 Å². The molecule has 1 heterocycles. The van der Waals surface area contributed by atoms with Gasteiger partial charge in [-0.1, -0.05) is 30.3 Å². The number of likely N-dealkylation sites (tertiary alicyclic amines) is 1. The first kappa shape index (κ1) is 16.8. The second-order valence-electron chi connectivity index (χ2n) is 7.13. The Morgan fingerprint density at radius 2 is 2.00 bits per heavy atom. The van der Waals surface area contributed by atoms with Crippen LogP contribution in [0, 0.1) is 0 Å². The summed E-state index contributed by atoms with van der Waals surface area (Å²) in [6, 6.07) is 11.3. The van der Waals surface area contributed by atoms with E-state index < -0.39 is 5.60 Å². The highest BCUT2D eigenvalue weighted by Crippen LogP contribution is 2.30. The lowest BCUT2D eigenvalue weighted by atomic mass is 9.96. The molecule has 1 aromatic rings. The molecule has 1 amide bonds. The first-order valence-corrected chi connectivity index (χ1v) is 8.03. The highest BCUT2D eigenvalue weighted by atomic mass is 16.6. The van der Waals surface area contributed by atoms with Gasteiger partial charge in [-0.2, -0.15) is 0 Å². The quantitative estimate of drug-likeness (QED) is 0.850. The number of ether oxygens (including phenoxy) is 1. The highest BCUT2D eigenvalue weighted by molar-refractivity contribution is 5.67. The van der Waals surface area contributed by atoms with Gasteiger partial charge in [0.2, 0.25) is 0 Å². The molecule has 0 unspecified atom stereocenters. The fourth-order valence-corrected chi connectivity index (χ4v) is 2.82. The van der Waals surface area contributed by atoms with Crippen molar-refractivity contribution in [3.8, 4) is 0 Å². The van der Waals surface area contributed by atoms with Gasteiger partial charge in [0, 0.05) is 32.2 Å². The molecule has 1 fully saturated rings. The van der Waals surface area contributed by atoms with Crippen molar-refractivity contribution in [2.75, 3.05) is 20.1 Å². The van der Waals surface area contributed by atoms with Crippen LogP contribution in [0.4, 0.5) is 4.79 Å². The largest absolute Gasteiger partial charge is 0.444 e. The number of likely N-dealkylation sites (N-methyl/N-ethyl adjacent to an activating group) is 1. The Hall–Kier alpha value is -1.55. The summed E-state index contributed by atoms with van der Waals surface area (Å²) < 4.78 is 5.42. The second kappa shape index (κ2) is 6.69. The smallest absolute Gasteiger partial charge is 0.410 e. The SMILES string of the molecule is C[C@@H](c1ccccc1)N1CC[C@@H]1CN(C)C(=O)OC(C)(C)C. The molecule has 0 bridgehead atoms. The lowest BCUT2D eigenvalue weighted by Crippen LogP contribution is -2.54. The molecule has 2 atom stereocenters. The molecule has 0 saturated carbocycles. The van der Waals surface area contributed by atoms with Crippen molar-refractivity contribution in [1.29, 1.82) is 0 Å². The summed E-state index contributed by atoms with van der Waals surface area (Å²) in [5.74, 6) is 0. The Labute approximate surface area is 134 Å². The number of nitrogens with zero attached hydrogens (tertiary/aromatic N) is 2. The van der Waals surface area contributed by atoms with E-state index in [2.05, 4.69) is 36.1 Å². The van der Waals surface area contributed by atoms with E-state index in [0.717, 1.165) is 13.0 Å². The van der Waals surface area contributed by atoms with Crippen LogP contribution in [-0.4, -0.2) is 47.7 Å². The maximum Gasteiger partial charge on any atom is 0.410 e. The predicted molar refractivity (Wildman–Crippen MR) is 88.8 cm³/mol. The van der Waals surface area contributed by atoms with Crippen molar-refractivity contribution in [3.05, 3.63) is 35.9 Å². The monoisotopic (exact) mass is 304 g/mol. The summed E-state index contributed by atoms with van der Waals surface area (Å²) in [5.41, 5.74) is 0.884. The van der Waals surface area contributed by atoms with E-state index in [1.165, 1.54) is 5.56 Å². The summed E-state index contributed by atoms with van der Waals surface area (Å²) in [6.07, 6.45) is 0.885. The average Bonchev–Trinajstić information content (AvgIpc) is 2.42. The van der Waals surface area contributed by atoms with E-state index in [-0.39, 0.29) is 6.09 Å². The van der Waals surface area contributed by atoms with Gasteiger partial charge in [-0.15, -0.1) is 0 Å². The first-order chi connectivity index (χ1) is 10.3. The minimum absolute atomic E-state index is 0.244. The van der Waals surface area contributed by atoms with Crippen LogP contribution in [-0.2, 0) is 4.74 Å². The Balaban J connectivity index is 1.90. The van der Waals surface area contributed by atoms with E-state index in [1.807, 2.05) is 33.9 Å². The molecule has 2 rings (SSSR count). The molecule has 0 spiro atoms. The van der Waals surface area contributed by atoms with Gasteiger partial charge in [0.25, 0.3) is 0 Å². The van der Waals surface area contributed by atoms with Crippen LogP contribution < -0.4 is 0 Å². The standard InChI is InChI=1S/C18H28N2O2/c1-14(15-9-7-6-8-10-15)20-12-11-16(20)13-19(5)17(21)22-18(2,3)4/h6-10,14,16H,11-13H2,1-5H3/t14-,16+/m0/s1. The summed E-state index contributed by atoms with van der Waals surface area (Å²) >= 11 is 0. The van der Waals surface area contributed by atoms with Crippen LogP contribution >= 0.6 is 0 Å². The molecule has 4 heteroatoms. The third-order valence-corrected chi connectivity index (χ3v) is 4.16. The van der Waals surface area contributed by atoms with Crippen LogP contribution in [0.15, 0.2) is 30.3 Å². The molecular formula is C18H28N2O2. The number of amides is 1. The lowest BCUT2D eigenvalue weighted by Gasteiger charge is -2.46. The molecule has 0 aliphatic carbocycles. The molecule has 1 saturated heterocycles. The van der Waals surface area contributed by atoms with Crippen molar-refractivity contribution in [2.45, 2.75) is 51.8 Å². The van der Waals surface area contributed by atoms with Crippen LogP contribution in [0.2, 0.25) is 0 Å². The molecule has 1 aromatic carbocycles. The number of rotatable bonds is 4. The third kappa shape index (κ3) is 4.23. The minimum Gasteiger partial charge on any atom is -0.444 e. The fraction of sp³-hybridized carbons (Fsp3) is 0.611. The zero-order valence-electron chi connectivity index (χ0n) is 14.4. The third-order valence-electron chi connectivity index (χ3n) is 4.16. The highest BCUT2D eigenvalue weighted by Gasteiger charge is 2.34. The van der Waals surface area contributed by atoms with Gasteiger partial charge in [0.15, 0.2) is 0 Å². The van der Waals surface area contributed by atoms with E-state index in [9.17, 15) is 4.79 Å². The maximum atomic E-state index is 12.1. The molecule has 22 heavy (non-hydrogen) atoms. The molecule has 0 radical (unpaired) electrons. The molecule has 0 aromatic heterocycles. The predicted octanol–water partition coefficient (Wildman–Crippen LogP) is 3.69. The van der Waals surface area contributed by atoms with E-state index in [1.54, 1.807) is 4.90 Å². The zero-order valence-corrected chi connectivity index (χ0v) is 14.4. The fourth-order valence-electron chi connectivity index (χ4n) is 2.82. The number of hydrogen-bond donors (Lipinski definition) is 0. The number of benzene rings is 1. The average molecular weight is 304 g/mol. The van der Waals surface area contributed by atoms with Crippen LogP contribution in [0.1, 0.15) is 45.7 Å². The van der Waals surface area contributed by atoms with Crippen LogP contribution in [0.3, 0.4) is 0 Å². The normalized spacial score (nSPS) is 20.1. The van der Waals surface area contributed by atoms with Crippen molar-refractivity contribution in [1.82, 2.24) is 9.80 Å². The summed E-state index contributed by atoms with van der Waals surface area (Å²) in [6.45, 7) is 9.72. The van der Waals surface area contributed by atoms with E-state index in [0.29, 0.717) is 18.6 Å². The van der Waals surface area contributed by atoms with Gasteiger partial charge >= 0.3 is 6.09 Å². The van der Waals surface area contributed by atoms with Crippen molar-refractivity contribution in [2.24, 2.45) is 0 Å². The van der Waals surface area contributed by atoms with Gasteiger partial charge in [-0.3, -0.25) is 4.90 Å². The molecule has 1 aliphatic heterocycles. The molecule has 122 valence electrons. The number of carbonyl (C=O) groups excluding carboxylic acids is 1. The Morgan fingerprint density at radius 3 is 2.50 bits per heavy atom. The summed E-state index contributed by atoms with van der Waals surface area (Å²) in [5, 5.41) is 0. The molecule has 0 N–H and O–H groups in total. The first-order valence-electron chi connectivity index (χ1n) is 8.03. The Morgan fingerprint density at radius 1 is 1.36 bits per heavy atom. The van der Waals surface area contributed by atoms with Gasteiger partial charge in [0.1, 0.15) is 5.60 Å². The van der Waals surface area contributed by atoms with Gasteiger partial charge in [0.05, 0.1) is 0 Å². The summed E-state index contributed by atoms with van der Waals surface area (Å²) in [4.78, 5) is 16.2. The Kier molecular flexibility index (Phi) is 5.12. The molecular weight excluding hydrogens is 276 g/mol. The van der Waals surface area contributed by atoms with Crippen LogP contribution in [0.25, 0.3) is 0 Å². The van der Waals surface area contributed by atoms with Crippen molar-refractivity contribution >= 4 is 6.09 Å². The topological polar surface area (TPSA) is 32.8 Å². The van der Waals surface area contributed by atoms with Crippen molar-refractivity contribution < 1.29 is 9.53 Å². The van der Waals surface area contributed by atoms with Crippen molar-refractivity contribution in [3.63, 3.8) is 0 Å². The molecule has 4 nitrogen and oxygen atoms in total. The summed E-state index contributed by atoms with van der Waals surface area (Å²) in [7, 11) is 1.82. The van der Waals surface area contributed by atoms with Gasteiger partial charge in [-0.25, -0.2) is 4.79 Å². The Bertz CT molecular complexity index is 496. The minimum atomic E-state index is -0.442. The maximum absolute atomic E-state index is 12.1. The van der Waals surface area contributed by atoms with Crippen LogP contribution in [0.5, 0.6) is 0 Å². The number of hydrogen-bond acceptors (Lipinski definition) is 3. The number of carbonyl (C=O) groups is 1.